The van der Waals surface area contributed by atoms with E-state index in [1.54, 1.807) is 14.2 Å². The molecule has 2 aromatic rings. The molecule has 0 aliphatic carbocycles. The lowest BCUT2D eigenvalue weighted by Gasteiger charge is -2.22. The van der Waals surface area contributed by atoms with Crippen LogP contribution < -0.4 is 20.1 Å². The fourth-order valence-electron chi connectivity index (χ4n) is 2.83. The largest absolute Gasteiger partial charge is 0.497 e. The van der Waals surface area contributed by atoms with Gasteiger partial charge in [-0.2, -0.15) is 0 Å². The molecular formula is C20H26N2O2S. The molecule has 134 valence electrons. The summed E-state index contributed by atoms with van der Waals surface area (Å²) in [7, 11) is 3.25. The molecule has 2 N–H and O–H groups in total. The molecule has 0 saturated carbocycles. The van der Waals surface area contributed by atoms with Crippen molar-refractivity contribution in [3.05, 3.63) is 53.1 Å². The number of nitrogens with one attached hydrogen (secondary N) is 2. The van der Waals surface area contributed by atoms with E-state index in [9.17, 15) is 0 Å². The van der Waals surface area contributed by atoms with Crippen LogP contribution in [-0.2, 0) is 0 Å². The van der Waals surface area contributed by atoms with Gasteiger partial charge in [-0.05, 0) is 55.7 Å². The van der Waals surface area contributed by atoms with Crippen LogP contribution in [0.4, 0.5) is 5.69 Å². The van der Waals surface area contributed by atoms with Crippen LogP contribution >= 0.6 is 12.2 Å². The number of benzene rings is 2. The molecule has 0 spiro atoms. The number of thiocarbonyl (C=S) groups is 1. The van der Waals surface area contributed by atoms with Crippen LogP contribution in [-0.4, -0.2) is 19.3 Å². The average Bonchev–Trinajstić information content (AvgIpc) is 2.60. The summed E-state index contributed by atoms with van der Waals surface area (Å²) in [5, 5.41) is 7.19. The van der Waals surface area contributed by atoms with Gasteiger partial charge in [-0.25, -0.2) is 0 Å². The molecule has 2 rings (SSSR count). The van der Waals surface area contributed by atoms with Gasteiger partial charge in [0, 0.05) is 6.07 Å². The summed E-state index contributed by atoms with van der Waals surface area (Å²) in [6, 6.07) is 12.2. The van der Waals surface area contributed by atoms with E-state index in [1.165, 1.54) is 16.7 Å². The Morgan fingerprint density at radius 2 is 1.84 bits per heavy atom. The van der Waals surface area contributed by atoms with Gasteiger partial charge in [0.25, 0.3) is 0 Å². The Morgan fingerprint density at radius 3 is 2.44 bits per heavy atom. The molecule has 0 aliphatic rings. The van der Waals surface area contributed by atoms with E-state index in [2.05, 4.69) is 49.6 Å². The van der Waals surface area contributed by atoms with Gasteiger partial charge in [0.1, 0.15) is 11.5 Å². The Morgan fingerprint density at radius 1 is 1.08 bits per heavy atom. The van der Waals surface area contributed by atoms with Crippen molar-refractivity contribution in [2.24, 2.45) is 0 Å². The van der Waals surface area contributed by atoms with Gasteiger partial charge < -0.3 is 20.1 Å². The summed E-state index contributed by atoms with van der Waals surface area (Å²) < 4.78 is 10.6. The molecule has 4 nitrogen and oxygen atoms in total. The number of hydrogen-bond donors (Lipinski definition) is 2. The Bertz CT molecular complexity index is 746. The van der Waals surface area contributed by atoms with Gasteiger partial charge in [0.15, 0.2) is 5.11 Å². The SMILES string of the molecule is CCC(NC(=S)Nc1ccc(OC)cc1OC)c1ccc(C)cc1C. The van der Waals surface area contributed by atoms with Crippen LogP contribution in [0.25, 0.3) is 0 Å². The highest BCUT2D eigenvalue weighted by molar-refractivity contribution is 7.80. The third kappa shape index (κ3) is 4.86. The summed E-state index contributed by atoms with van der Waals surface area (Å²) in [4.78, 5) is 0. The van der Waals surface area contributed by atoms with E-state index < -0.39 is 0 Å². The van der Waals surface area contributed by atoms with Crippen molar-refractivity contribution in [3.8, 4) is 11.5 Å². The molecule has 1 atom stereocenters. The van der Waals surface area contributed by atoms with Crippen molar-refractivity contribution in [2.45, 2.75) is 33.2 Å². The Kier molecular flexibility index (Phi) is 6.65. The van der Waals surface area contributed by atoms with Gasteiger partial charge in [-0.3, -0.25) is 0 Å². The molecular weight excluding hydrogens is 332 g/mol. The number of ether oxygens (including phenoxy) is 2. The number of anilines is 1. The minimum atomic E-state index is 0.157. The Labute approximate surface area is 155 Å². The van der Waals surface area contributed by atoms with Crippen LogP contribution in [0, 0.1) is 13.8 Å². The summed E-state index contributed by atoms with van der Waals surface area (Å²) >= 11 is 5.51. The van der Waals surface area contributed by atoms with Crippen LogP contribution in [0.5, 0.6) is 11.5 Å². The first-order valence-electron chi connectivity index (χ1n) is 8.35. The van der Waals surface area contributed by atoms with Crippen LogP contribution in [0.3, 0.4) is 0 Å². The lowest BCUT2D eigenvalue weighted by molar-refractivity contribution is 0.395. The predicted octanol–water partition coefficient (Wildman–Crippen LogP) is 4.76. The molecule has 0 aromatic heterocycles. The van der Waals surface area contributed by atoms with Crippen molar-refractivity contribution in [3.63, 3.8) is 0 Å². The fraction of sp³-hybridized carbons (Fsp3) is 0.350. The second-order valence-electron chi connectivity index (χ2n) is 5.99. The summed E-state index contributed by atoms with van der Waals surface area (Å²) in [5.74, 6) is 1.42. The summed E-state index contributed by atoms with van der Waals surface area (Å²) in [6.07, 6.45) is 0.936. The van der Waals surface area contributed by atoms with Crippen molar-refractivity contribution in [1.82, 2.24) is 5.32 Å². The maximum absolute atomic E-state index is 5.51. The van der Waals surface area contributed by atoms with Gasteiger partial charge >= 0.3 is 0 Å². The number of hydrogen-bond acceptors (Lipinski definition) is 3. The highest BCUT2D eigenvalue weighted by atomic mass is 32.1. The second kappa shape index (κ2) is 8.72. The van der Waals surface area contributed by atoms with E-state index in [1.807, 2.05) is 18.2 Å². The van der Waals surface area contributed by atoms with Crippen molar-refractivity contribution < 1.29 is 9.47 Å². The first-order valence-corrected chi connectivity index (χ1v) is 8.76. The minimum absolute atomic E-state index is 0.157. The zero-order valence-electron chi connectivity index (χ0n) is 15.5. The molecule has 1 unspecified atom stereocenters. The van der Waals surface area contributed by atoms with Gasteiger partial charge in [0.2, 0.25) is 0 Å². The number of methoxy groups -OCH3 is 2. The van der Waals surface area contributed by atoms with Gasteiger partial charge in [-0.1, -0.05) is 30.7 Å². The highest BCUT2D eigenvalue weighted by Crippen LogP contribution is 2.29. The maximum atomic E-state index is 5.51. The zero-order valence-corrected chi connectivity index (χ0v) is 16.3. The van der Waals surface area contributed by atoms with E-state index in [4.69, 9.17) is 21.7 Å². The zero-order chi connectivity index (χ0) is 18.4. The van der Waals surface area contributed by atoms with Crippen molar-refractivity contribution in [2.75, 3.05) is 19.5 Å². The van der Waals surface area contributed by atoms with Crippen LogP contribution in [0.2, 0.25) is 0 Å². The molecule has 0 amide bonds. The second-order valence-corrected chi connectivity index (χ2v) is 6.39. The quantitative estimate of drug-likeness (QED) is 0.729. The molecule has 0 heterocycles. The lowest BCUT2D eigenvalue weighted by Crippen LogP contribution is -2.32. The predicted molar refractivity (Wildman–Crippen MR) is 108 cm³/mol. The Balaban J connectivity index is 2.12. The average molecular weight is 359 g/mol. The van der Waals surface area contributed by atoms with E-state index >= 15 is 0 Å². The third-order valence-electron chi connectivity index (χ3n) is 4.17. The highest BCUT2D eigenvalue weighted by Gasteiger charge is 2.14. The first-order chi connectivity index (χ1) is 12.0. The third-order valence-corrected chi connectivity index (χ3v) is 4.39. The molecule has 0 aliphatic heterocycles. The van der Waals surface area contributed by atoms with Crippen LogP contribution in [0.15, 0.2) is 36.4 Å². The topological polar surface area (TPSA) is 42.5 Å². The van der Waals surface area contributed by atoms with Crippen molar-refractivity contribution in [1.29, 1.82) is 0 Å². The van der Waals surface area contributed by atoms with Gasteiger partial charge in [-0.15, -0.1) is 0 Å². The van der Waals surface area contributed by atoms with Crippen LogP contribution in [0.1, 0.15) is 36.1 Å². The molecule has 0 radical (unpaired) electrons. The van der Waals surface area contributed by atoms with Gasteiger partial charge in [0.05, 0.1) is 25.9 Å². The first kappa shape index (κ1) is 19.1. The molecule has 2 aromatic carbocycles. The summed E-state index contributed by atoms with van der Waals surface area (Å²) in [5.41, 5.74) is 4.60. The fourth-order valence-corrected chi connectivity index (χ4v) is 3.09. The Hall–Kier alpha value is -2.27. The monoisotopic (exact) mass is 358 g/mol. The maximum Gasteiger partial charge on any atom is 0.171 e. The smallest absolute Gasteiger partial charge is 0.171 e. The molecule has 0 saturated heterocycles. The molecule has 0 fully saturated rings. The van der Waals surface area contributed by atoms with E-state index in [-0.39, 0.29) is 6.04 Å². The molecule has 25 heavy (non-hydrogen) atoms. The number of rotatable bonds is 6. The molecule has 5 heteroatoms. The van der Waals surface area contributed by atoms with Crippen molar-refractivity contribution >= 4 is 23.0 Å². The number of aryl methyl sites for hydroxylation is 2. The normalized spacial score (nSPS) is 11.6. The lowest BCUT2D eigenvalue weighted by atomic mass is 9.98. The molecule has 0 bridgehead atoms. The van der Waals surface area contributed by atoms with E-state index in [0.29, 0.717) is 10.9 Å². The van der Waals surface area contributed by atoms with E-state index in [0.717, 1.165) is 17.9 Å². The standard InChI is InChI=1S/C20H26N2O2S/c1-6-17(16-9-7-13(2)11-14(16)3)21-20(25)22-18-10-8-15(23-4)12-19(18)24-5/h7-12,17H,6H2,1-5H3,(H2,21,22,25). The summed E-state index contributed by atoms with van der Waals surface area (Å²) in [6.45, 7) is 6.39. The minimum Gasteiger partial charge on any atom is -0.497 e.